The van der Waals surface area contributed by atoms with Gasteiger partial charge in [0.15, 0.2) is 0 Å². The average Bonchev–Trinajstić information content (AvgIpc) is 0.752. The molecule has 0 amide bonds. The Bertz CT molecular complexity index is 3830. The topological polar surface area (TPSA) is 182 Å². The van der Waals surface area contributed by atoms with E-state index in [0.717, 1.165) is 71.9 Å². The van der Waals surface area contributed by atoms with Crippen molar-refractivity contribution in [1.29, 1.82) is 0 Å². The van der Waals surface area contributed by atoms with Crippen LogP contribution < -0.4 is 40.1 Å². The summed E-state index contributed by atoms with van der Waals surface area (Å²) < 4.78 is 0. The van der Waals surface area contributed by atoms with Crippen LogP contribution in [0.5, 0.6) is 0 Å². The van der Waals surface area contributed by atoms with Crippen LogP contribution in [0.4, 0.5) is 39.8 Å². The van der Waals surface area contributed by atoms with Crippen LogP contribution in [-0.2, 0) is 80.8 Å². The molecular weight excluding hydrogens is 1290 g/mol. The van der Waals surface area contributed by atoms with Gasteiger partial charge in [-0.15, -0.1) is 0 Å². The van der Waals surface area contributed by atoms with Gasteiger partial charge in [0.2, 0.25) is 0 Å². The quantitative estimate of drug-likeness (QED) is 0.0775. The molecule has 0 aliphatic heterocycles. The molecule has 0 unspecified atom stereocenters. The monoisotopic (exact) mass is 1450 g/mol. The minimum atomic E-state index is 0.0747. The zero-order chi connectivity index (χ0) is 83.3. The molecule has 14 N–H and O–H groups in total. The average molecular weight is 1450 g/mol. The molecule has 7 rings (SSSR count). The Morgan fingerprint density at radius 1 is 0.226 bits per heavy atom. The van der Waals surface area contributed by atoms with Crippen LogP contribution in [0.3, 0.4) is 0 Å². The standard InChI is InChI=1S/C18H31N.C16H27N.C15H25N.C14H23N.3C12H19N/c1-16(2,3)12-10-13(17(4,5)6)15(19)14(11-12)18(7,8)9;1-10(2)13-8-12(16(5,6)7)9-14(11(3)4)15(13)17;1-10-8-11(14(2,3)4)9-12(13(10)16)15(5,6)7;1-6-10-8-12(14(3,4)5)9-11(7-2)13(10)15;1-8-6-10(12(3,4)5)7-9(2)11(8)13;1-8-6-9(2)11(13)10(7-8)12(3,4)5;1-4-9-7-10(5-2)12(13)11(6-3)8-9/h10-11H,19H2,1-9H3;8-11H,17H2,1-7H3;8-9H,16H2,1-7H3;8-9H,6-7,15H2,1-5H3;2*6-7H,13H2,1-5H3;7-8H,4-6,13H2,1-3H3. The number of hydrogen-bond donors (Lipinski definition) is 7. The van der Waals surface area contributed by atoms with Gasteiger partial charge in [0, 0.05) is 39.8 Å². The van der Waals surface area contributed by atoms with Crippen LogP contribution in [0.15, 0.2) is 84.9 Å². The Morgan fingerprint density at radius 3 is 0.717 bits per heavy atom. The molecule has 0 spiro atoms. The number of anilines is 7. The van der Waals surface area contributed by atoms with Gasteiger partial charge in [-0.05, 0) is 239 Å². The first-order valence-corrected chi connectivity index (χ1v) is 40.0. The summed E-state index contributed by atoms with van der Waals surface area (Å²) >= 11 is 0. The largest absolute Gasteiger partial charge is 0.398 e. The summed E-state index contributed by atoms with van der Waals surface area (Å²) in [6.07, 6.45) is 5.20. The molecule has 0 radical (unpaired) electrons. The second-order valence-electron chi connectivity index (χ2n) is 40.2. The predicted octanol–water partition coefficient (Wildman–Crippen LogP) is 27.2. The maximum absolute atomic E-state index is 6.47. The summed E-state index contributed by atoms with van der Waals surface area (Å²) in [5.74, 6) is 0.963. The van der Waals surface area contributed by atoms with Crippen molar-refractivity contribution in [3.05, 3.63) is 202 Å². The first-order chi connectivity index (χ1) is 47.7. The molecule has 0 heterocycles. The highest BCUT2D eigenvalue weighted by Gasteiger charge is 2.29. The highest BCUT2D eigenvalue weighted by atomic mass is 14.6. The maximum Gasteiger partial charge on any atom is 0.0390 e. The highest BCUT2D eigenvalue weighted by Crippen LogP contribution is 2.42. The molecule has 7 aromatic rings. The van der Waals surface area contributed by atoms with E-state index in [4.69, 9.17) is 40.1 Å². The van der Waals surface area contributed by atoms with Crippen LogP contribution in [0.2, 0.25) is 0 Å². The van der Waals surface area contributed by atoms with Crippen LogP contribution in [0.1, 0.15) is 378 Å². The molecule has 0 fully saturated rings. The third kappa shape index (κ3) is 28.6. The van der Waals surface area contributed by atoms with Crippen LogP contribution in [0, 0.1) is 34.6 Å². The highest BCUT2D eigenvalue weighted by molar-refractivity contribution is 5.64. The van der Waals surface area contributed by atoms with Gasteiger partial charge in [-0.2, -0.15) is 0 Å². The van der Waals surface area contributed by atoms with Crippen molar-refractivity contribution in [1.82, 2.24) is 0 Å². The molecule has 106 heavy (non-hydrogen) atoms. The van der Waals surface area contributed by atoms with Crippen molar-refractivity contribution < 1.29 is 0 Å². The van der Waals surface area contributed by atoms with E-state index in [0.29, 0.717) is 11.8 Å². The predicted molar refractivity (Wildman–Crippen MR) is 483 cm³/mol. The number of nitrogen functional groups attached to an aromatic ring is 7. The van der Waals surface area contributed by atoms with Crippen LogP contribution in [0.25, 0.3) is 0 Å². The Balaban J connectivity index is 0.000000621. The molecule has 0 aromatic heterocycles. The minimum absolute atomic E-state index is 0.0747. The molecule has 594 valence electrons. The Morgan fingerprint density at radius 2 is 0.453 bits per heavy atom. The van der Waals surface area contributed by atoms with E-state index >= 15 is 0 Å². The van der Waals surface area contributed by atoms with Gasteiger partial charge in [0.1, 0.15) is 0 Å². The molecule has 0 saturated heterocycles. The third-order valence-corrected chi connectivity index (χ3v) is 20.4. The van der Waals surface area contributed by atoms with E-state index in [1.807, 2.05) is 0 Å². The van der Waals surface area contributed by atoms with E-state index in [1.165, 1.54) is 117 Å². The summed E-state index contributed by atoms with van der Waals surface area (Å²) in [4.78, 5) is 0. The SMILES string of the molecule is CC(C)(C)c1cc(C(C)(C)C)c(N)c(C(C)(C)C)c1.CC(C)c1cc(C(C)(C)C)cc(C(C)C)c1N.CCc1cc(C(C)(C)C)cc(CC)c1N.CCc1cc(CC)c(N)c(CC)c1.Cc1cc(C(C)(C)C)cc(C(C)(C)C)c1N.Cc1cc(C(C)(C)C)cc(C)c1N.Cc1cc(C)c(N)c(C(C)(C)C)c1. The van der Waals surface area contributed by atoms with E-state index < -0.39 is 0 Å². The lowest BCUT2D eigenvalue weighted by atomic mass is 9.74. The number of aryl methyl sites for hydroxylation is 10. The fraction of sp³-hybridized carbons (Fsp3) is 0.576. The molecule has 7 nitrogen and oxygen atoms in total. The van der Waals surface area contributed by atoms with Gasteiger partial charge in [0.05, 0.1) is 0 Å². The van der Waals surface area contributed by atoms with Crippen molar-refractivity contribution in [2.75, 3.05) is 40.1 Å². The molecule has 0 aliphatic carbocycles. The second kappa shape index (κ2) is 38.0. The maximum atomic E-state index is 6.47. The lowest BCUT2D eigenvalue weighted by molar-refractivity contribution is 0.551. The summed E-state index contributed by atoms with van der Waals surface area (Å²) in [6, 6.07) is 31.3. The van der Waals surface area contributed by atoms with Gasteiger partial charge in [-0.3, -0.25) is 0 Å². The Labute approximate surface area is 654 Å². The van der Waals surface area contributed by atoms with Crippen LogP contribution in [-0.4, -0.2) is 0 Å². The zero-order valence-corrected chi connectivity index (χ0v) is 76.3. The molecule has 7 aromatic carbocycles. The van der Waals surface area contributed by atoms with Crippen molar-refractivity contribution in [2.45, 2.75) is 377 Å². The second-order valence-corrected chi connectivity index (χ2v) is 40.2. The zero-order valence-electron chi connectivity index (χ0n) is 76.3. The minimum Gasteiger partial charge on any atom is -0.398 e. The van der Waals surface area contributed by atoms with E-state index in [9.17, 15) is 0 Å². The molecule has 0 atom stereocenters. The molecule has 0 aliphatic rings. The number of rotatable bonds is 7. The van der Waals surface area contributed by atoms with Gasteiger partial charge in [-0.1, -0.05) is 340 Å². The van der Waals surface area contributed by atoms with E-state index in [2.05, 4.69) is 369 Å². The molecule has 0 saturated carbocycles. The third-order valence-electron chi connectivity index (χ3n) is 20.4. The number of benzene rings is 7. The lowest BCUT2D eigenvalue weighted by Crippen LogP contribution is -2.23. The van der Waals surface area contributed by atoms with E-state index in [-0.39, 0.29) is 48.7 Å². The normalized spacial score (nSPS) is 12.3. The molecule has 0 bridgehead atoms. The van der Waals surface area contributed by atoms with Crippen molar-refractivity contribution in [3.63, 3.8) is 0 Å². The van der Waals surface area contributed by atoms with Gasteiger partial charge in [0.25, 0.3) is 0 Å². The number of nitrogens with two attached hydrogens (primary N) is 7. The summed E-state index contributed by atoms with van der Waals surface area (Å²) in [5.41, 5.74) is 78.3. The molecular formula is C99H163N7. The van der Waals surface area contributed by atoms with Crippen molar-refractivity contribution in [3.8, 4) is 0 Å². The van der Waals surface area contributed by atoms with E-state index in [1.54, 1.807) is 0 Å². The fourth-order valence-electron chi connectivity index (χ4n) is 12.7. The van der Waals surface area contributed by atoms with Gasteiger partial charge >= 0.3 is 0 Å². The Hall–Kier alpha value is -6.86. The number of hydrogen-bond acceptors (Lipinski definition) is 7. The summed E-state index contributed by atoms with van der Waals surface area (Å²) in [6.45, 7) is 90.4. The van der Waals surface area contributed by atoms with Gasteiger partial charge in [-0.25, -0.2) is 0 Å². The summed E-state index contributed by atoms with van der Waals surface area (Å²) in [5, 5.41) is 0. The fourth-order valence-corrected chi connectivity index (χ4v) is 12.7. The van der Waals surface area contributed by atoms with Crippen molar-refractivity contribution in [2.24, 2.45) is 0 Å². The first-order valence-electron chi connectivity index (χ1n) is 40.0. The smallest absolute Gasteiger partial charge is 0.0390 e. The Kier molecular flexibility index (Phi) is 34.8. The van der Waals surface area contributed by atoms with Crippen molar-refractivity contribution >= 4 is 39.8 Å². The van der Waals surface area contributed by atoms with Crippen LogP contribution >= 0.6 is 0 Å². The summed E-state index contributed by atoms with van der Waals surface area (Å²) in [7, 11) is 0. The van der Waals surface area contributed by atoms with Gasteiger partial charge < -0.3 is 40.1 Å². The first kappa shape index (κ1) is 97.2. The molecule has 7 heteroatoms. The lowest BCUT2D eigenvalue weighted by Gasteiger charge is -2.32.